The zero-order valence-electron chi connectivity index (χ0n) is 18.4. The molecular weight excluding hydrogens is 390 g/mol. The maximum absolute atomic E-state index is 11.9. The second-order valence-electron chi connectivity index (χ2n) is 8.66. The van der Waals surface area contributed by atoms with E-state index >= 15 is 0 Å². The van der Waals surface area contributed by atoms with Gasteiger partial charge in [-0.3, -0.25) is 9.69 Å². The van der Waals surface area contributed by atoms with Crippen LogP contribution in [0.4, 0.5) is 0 Å². The standard InChI is InChI=1S/C26H33NO4/c1-2-30-25(28)23-12-14-27(15-13-23)19-22-8-10-24(11-9-22)26(20-29-16-17-31-26)18-21-6-4-3-5-7-21/h3-4,6,8-11,16-17,23H,2,5,7,12-15,18-20H2,1H3. The predicted octanol–water partition coefficient (Wildman–Crippen LogP) is 4.84. The first-order chi connectivity index (χ1) is 15.2. The lowest BCUT2D eigenvalue weighted by Crippen LogP contribution is -2.37. The van der Waals surface area contributed by atoms with E-state index in [1.807, 2.05) is 6.92 Å². The van der Waals surface area contributed by atoms with Gasteiger partial charge in [-0.1, -0.05) is 48.1 Å². The SMILES string of the molecule is CCOC(=O)C1CCN(Cc2ccc(C3(CC4=CC=CCC4)COC=CO3)cc2)CC1. The van der Waals surface area contributed by atoms with Crippen LogP contribution in [0.1, 0.15) is 50.2 Å². The van der Waals surface area contributed by atoms with Crippen molar-refractivity contribution in [2.24, 2.45) is 5.92 Å². The fraction of sp³-hybridized carbons (Fsp3) is 0.500. The van der Waals surface area contributed by atoms with Gasteiger partial charge in [0.15, 0.2) is 5.60 Å². The van der Waals surface area contributed by atoms with Crippen molar-refractivity contribution in [2.45, 2.75) is 51.2 Å². The highest BCUT2D eigenvalue weighted by Crippen LogP contribution is 2.37. The van der Waals surface area contributed by atoms with Gasteiger partial charge in [-0.25, -0.2) is 0 Å². The fourth-order valence-corrected chi connectivity index (χ4v) is 4.69. The molecule has 0 aromatic heterocycles. The Hall–Kier alpha value is -2.53. The summed E-state index contributed by atoms with van der Waals surface area (Å²) in [5, 5.41) is 0. The molecule has 1 aliphatic carbocycles. The Kier molecular flexibility index (Phi) is 7.13. The molecule has 4 rings (SSSR count). The number of benzene rings is 1. The summed E-state index contributed by atoms with van der Waals surface area (Å²) in [6, 6.07) is 8.77. The zero-order valence-corrected chi connectivity index (χ0v) is 18.4. The van der Waals surface area contributed by atoms with Gasteiger partial charge in [0.2, 0.25) is 0 Å². The van der Waals surface area contributed by atoms with Crippen molar-refractivity contribution >= 4 is 5.97 Å². The third-order valence-corrected chi connectivity index (χ3v) is 6.47. The first-order valence-corrected chi connectivity index (χ1v) is 11.5. The van der Waals surface area contributed by atoms with Gasteiger partial charge in [-0.15, -0.1) is 0 Å². The van der Waals surface area contributed by atoms with E-state index in [9.17, 15) is 4.79 Å². The van der Waals surface area contributed by atoms with Gasteiger partial charge in [-0.2, -0.15) is 0 Å². The molecule has 1 fully saturated rings. The van der Waals surface area contributed by atoms with Crippen molar-refractivity contribution in [1.29, 1.82) is 0 Å². The fourth-order valence-electron chi connectivity index (χ4n) is 4.69. The molecule has 3 aliphatic rings. The second kappa shape index (κ2) is 10.2. The molecule has 5 nitrogen and oxygen atoms in total. The summed E-state index contributed by atoms with van der Waals surface area (Å²) in [7, 11) is 0. The second-order valence-corrected chi connectivity index (χ2v) is 8.66. The topological polar surface area (TPSA) is 48.0 Å². The Morgan fingerprint density at radius 2 is 2.00 bits per heavy atom. The Morgan fingerprint density at radius 1 is 1.19 bits per heavy atom. The molecule has 5 heteroatoms. The molecule has 0 saturated carbocycles. The van der Waals surface area contributed by atoms with Crippen LogP contribution in [0.15, 0.2) is 60.6 Å². The van der Waals surface area contributed by atoms with E-state index in [1.165, 1.54) is 11.1 Å². The number of piperidine rings is 1. The summed E-state index contributed by atoms with van der Waals surface area (Å²) >= 11 is 0. The maximum Gasteiger partial charge on any atom is 0.309 e. The largest absolute Gasteiger partial charge is 0.493 e. The number of nitrogens with zero attached hydrogens (tertiary/aromatic N) is 1. The average molecular weight is 424 g/mol. The Morgan fingerprint density at radius 3 is 2.65 bits per heavy atom. The summed E-state index contributed by atoms with van der Waals surface area (Å²) in [5.74, 6) is 0.0167. The highest BCUT2D eigenvalue weighted by molar-refractivity contribution is 5.72. The molecule has 0 N–H and O–H groups in total. The summed E-state index contributed by atoms with van der Waals surface area (Å²) in [6.07, 6.45) is 14.6. The number of carbonyl (C=O) groups excluding carboxylic acids is 1. The molecule has 0 spiro atoms. The molecular formula is C26H33NO4. The Labute approximate surface area is 185 Å². The molecule has 2 heterocycles. The first kappa shape index (κ1) is 21.7. The summed E-state index contributed by atoms with van der Waals surface area (Å²) in [4.78, 5) is 14.4. The molecule has 1 unspecified atom stereocenters. The molecule has 0 amide bonds. The van der Waals surface area contributed by atoms with E-state index in [0.29, 0.717) is 13.2 Å². The van der Waals surface area contributed by atoms with Crippen molar-refractivity contribution in [3.05, 3.63) is 71.7 Å². The van der Waals surface area contributed by atoms with Crippen LogP contribution in [0.5, 0.6) is 0 Å². The Balaban J connectivity index is 1.38. The van der Waals surface area contributed by atoms with E-state index in [4.69, 9.17) is 14.2 Å². The van der Waals surface area contributed by atoms with Gasteiger partial charge < -0.3 is 14.2 Å². The van der Waals surface area contributed by atoms with Crippen molar-refractivity contribution in [3.63, 3.8) is 0 Å². The molecule has 0 radical (unpaired) electrons. The number of rotatable bonds is 7. The minimum absolute atomic E-state index is 0.0378. The summed E-state index contributed by atoms with van der Waals surface area (Å²) < 4.78 is 17.0. The number of hydrogen-bond acceptors (Lipinski definition) is 5. The van der Waals surface area contributed by atoms with E-state index in [0.717, 1.165) is 57.3 Å². The third kappa shape index (κ3) is 5.40. The van der Waals surface area contributed by atoms with Crippen molar-refractivity contribution in [3.8, 4) is 0 Å². The lowest BCUT2D eigenvalue weighted by Gasteiger charge is -2.36. The molecule has 166 valence electrons. The van der Waals surface area contributed by atoms with Crippen LogP contribution in [0.25, 0.3) is 0 Å². The number of esters is 1. The Bertz CT molecular complexity index is 833. The van der Waals surface area contributed by atoms with Crippen molar-refractivity contribution < 1.29 is 19.0 Å². The number of carbonyl (C=O) groups is 1. The molecule has 1 atom stereocenters. The average Bonchev–Trinajstić information content (AvgIpc) is 2.81. The van der Waals surface area contributed by atoms with Crippen LogP contribution in [-0.2, 0) is 31.2 Å². The van der Waals surface area contributed by atoms with Crippen LogP contribution >= 0.6 is 0 Å². The molecule has 0 bridgehead atoms. The number of likely N-dealkylation sites (tertiary alicyclic amines) is 1. The molecule has 1 aromatic carbocycles. The highest BCUT2D eigenvalue weighted by Gasteiger charge is 2.37. The summed E-state index contributed by atoms with van der Waals surface area (Å²) in [6.45, 7) is 5.61. The number of hydrogen-bond donors (Lipinski definition) is 0. The number of ether oxygens (including phenoxy) is 3. The van der Waals surface area contributed by atoms with E-state index in [2.05, 4.69) is 47.4 Å². The quantitative estimate of drug-likeness (QED) is 0.587. The van der Waals surface area contributed by atoms with Gasteiger partial charge in [0.1, 0.15) is 19.1 Å². The van der Waals surface area contributed by atoms with Gasteiger partial charge in [0, 0.05) is 13.0 Å². The maximum atomic E-state index is 11.9. The van der Waals surface area contributed by atoms with Gasteiger partial charge in [0.25, 0.3) is 0 Å². The van der Waals surface area contributed by atoms with E-state index in [1.54, 1.807) is 12.5 Å². The lowest BCUT2D eigenvalue weighted by molar-refractivity contribution is -0.149. The predicted molar refractivity (Wildman–Crippen MR) is 120 cm³/mol. The minimum Gasteiger partial charge on any atom is -0.493 e. The normalized spacial score (nSPS) is 24.2. The zero-order chi connectivity index (χ0) is 21.5. The molecule has 31 heavy (non-hydrogen) atoms. The third-order valence-electron chi connectivity index (χ3n) is 6.47. The van der Waals surface area contributed by atoms with Crippen LogP contribution in [0.3, 0.4) is 0 Å². The monoisotopic (exact) mass is 423 g/mol. The van der Waals surface area contributed by atoms with Crippen molar-refractivity contribution in [2.75, 3.05) is 26.3 Å². The van der Waals surface area contributed by atoms with Crippen LogP contribution in [0.2, 0.25) is 0 Å². The van der Waals surface area contributed by atoms with Crippen LogP contribution in [0, 0.1) is 5.92 Å². The summed E-state index contributed by atoms with van der Waals surface area (Å²) in [5.41, 5.74) is 3.36. The molecule has 1 saturated heterocycles. The molecule has 1 aromatic rings. The lowest BCUT2D eigenvalue weighted by atomic mass is 9.84. The van der Waals surface area contributed by atoms with E-state index in [-0.39, 0.29) is 11.9 Å². The van der Waals surface area contributed by atoms with Gasteiger partial charge in [-0.05, 0) is 56.8 Å². The number of allylic oxidation sites excluding steroid dienone is 3. The smallest absolute Gasteiger partial charge is 0.309 e. The van der Waals surface area contributed by atoms with E-state index < -0.39 is 5.60 Å². The molecule has 2 aliphatic heterocycles. The van der Waals surface area contributed by atoms with Gasteiger partial charge in [0.05, 0.1) is 12.5 Å². The first-order valence-electron chi connectivity index (χ1n) is 11.5. The minimum atomic E-state index is -0.470. The van der Waals surface area contributed by atoms with Crippen LogP contribution in [-0.4, -0.2) is 37.2 Å². The van der Waals surface area contributed by atoms with Gasteiger partial charge >= 0.3 is 5.97 Å². The van der Waals surface area contributed by atoms with Crippen molar-refractivity contribution in [1.82, 2.24) is 4.90 Å². The van der Waals surface area contributed by atoms with Crippen LogP contribution < -0.4 is 0 Å². The highest BCUT2D eigenvalue weighted by atomic mass is 16.6.